The minimum absolute atomic E-state index is 0.0201. The molecule has 0 N–H and O–H groups in total. The Morgan fingerprint density at radius 1 is 0.952 bits per heavy atom. The lowest BCUT2D eigenvalue weighted by molar-refractivity contribution is 0.0733. The monoisotopic (exact) mass is 312 g/mol. The summed E-state index contributed by atoms with van der Waals surface area (Å²) in [6.07, 6.45) is 0. The predicted octanol–water partition coefficient (Wildman–Crippen LogP) is 3.99. The number of halogens is 2. The summed E-state index contributed by atoms with van der Waals surface area (Å²) in [4.78, 5) is 0. The van der Waals surface area contributed by atoms with Gasteiger partial charge in [-0.2, -0.15) is 8.78 Å². The van der Waals surface area contributed by atoms with Crippen LogP contribution in [0.2, 0.25) is 0 Å². The minimum atomic E-state index is -4.38. The van der Waals surface area contributed by atoms with E-state index in [1.54, 1.807) is 18.2 Å². The maximum Gasteiger partial charge on any atom is 0.350 e. The molecule has 0 saturated carbocycles. The van der Waals surface area contributed by atoms with Gasteiger partial charge < -0.3 is 9.26 Å². The summed E-state index contributed by atoms with van der Waals surface area (Å²) < 4.78 is 51.9. The number of benzene rings is 2. The van der Waals surface area contributed by atoms with Crippen molar-refractivity contribution in [3.05, 3.63) is 60.2 Å². The van der Waals surface area contributed by atoms with Crippen molar-refractivity contribution in [2.75, 3.05) is 14.2 Å². The Hall–Kier alpha value is -1.71. The van der Waals surface area contributed by atoms with Crippen LogP contribution in [-0.4, -0.2) is 14.2 Å². The van der Waals surface area contributed by atoms with Crippen molar-refractivity contribution < 1.29 is 22.6 Å². The van der Waals surface area contributed by atoms with Crippen molar-refractivity contribution in [1.29, 1.82) is 0 Å². The van der Waals surface area contributed by atoms with Crippen LogP contribution in [0.5, 0.6) is 5.75 Å². The van der Waals surface area contributed by atoms with Gasteiger partial charge in [0.1, 0.15) is 5.75 Å². The molecule has 0 aliphatic carbocycles. The second-order valence-corrected chi connectivity index (χ2v) is 6.89. The molecule has 0 heterocycles. The Bertz CT molecular complexity index is 642. The fourth-order valence-corrected chi connectivity index (χ4v) is 3.79. The summed E-state index contributed by atoms with van der Waals surface area (Å²) >= 11 is 0. The van der Waals surface area contributed by atoms with Crippen LogP contribution in [-0.2, 0) is 14.8 Å². The van der Waals surface area contributed by atoms with E-state index >= 15 is 0 Å². The third-order valence-electron chi connectivity index (χ3n) is 3.16. The van der Waals surface area contributed by atoms with Crippen molar-refractivity contribution in [3.63, 3.8) is 0 Å². The molecule has 0 spiro atoms. The van der Waals surface area contributed by atoms with Gasteiger partial charge in [-0.25, -0.2) is 0 Å². The van der Waals surface area contributed by atoms with Gasteiger partial charge in [0.2, 0.25) is 0 Å². The molecule has 0 saturated heterocycles. The zero-order valence-corrected chi connectivity index (χ0v) is 12.5. The molecule has 2 rings (SSSR count). The molecule has 1 atom stereocenters. The van der Waals surface area contributed by atoms with Gasteiger partial charge in [-0.3, -0.25) is 4.57 Å². The number of hydrogen-bond acceptors (Lipinski definition) is 3. The van der Waals surface area contributed by atoms with Crippen LogP contribution in [0.1, 0.15) is 5.56 Å². The smallest absolute Gasteiger partial charge is 0.350 e. The first-order valence-corrected chi connectivity index (χ1v) is 7.82. The molecule has 0 aliphatic rings. The van der Waals surface area contributed by atoms with Gasteiger partial charge in [-0.15, -0.1) is 0 Å². The van der Waals surface area contributed by atoms with E-state index < -0.39 is 13.0 Å². The van der Waals surface area contributed by atoms with Crippen LogP contribution in [0.4, 0.5) is 8.78 Å². The zero-order chi connectivity index (χ0) is 15.5. The SMILES string of the molecule is COc1ccc(C(F)(F)P(=O)(OC)c2ccccc2)cc1. The lowest BCUT2D eigenvalue weighted by Gasteiger charge is -2.26. The highest BCUT2D eigenvalue weighted by atomic mass is 31.2. The quantitative estimate of drug-likeness (QED) is 0.783. The highest BCUT2D eigenvalue weighted by molar-refractivity contribution is 7.67. The van der Waals surface area contributed by atoms with Crippen molar-refractivity contribution in [3.8, 4) is 5.75 Å². The van der Waals surface area contributed by atoms with Gasteiger partial charge in [-0.05, 0) is 36.4 Å². The molecule has 0 amide bonds. The van der Waals surface area contributed by atoms with E-state index in [1.165, 1.54) is 43.5 Å². The fraction of sp³-hybridized carbons (Fsp3) is 0.200. The van der Waals surface area contributed by atoms with E-state index in [9.17, 15) is 13.3 Å². The van der Waals surface area contributed by atoms with Gasteiger partial charge in [-0.1, -0.05) is 18.2 Å². The first-order chi connectivity index (χ1) is 9.95. The highest BCUT2D eigenvalue weighted by Gasteiger charge is 2.53. The topological polar surface area (TPSA) is 35.5 Å². The predicted molar refractivity (Wildman–Crippen MR) is 77.6 cm³/mol. The molecule has 0 radical (unpaired) electrons. The molecule has 1 unspecified atom stereocenters. The van der Waals surface area contributed by atoms with Crippen LogP contribution in [0, 0.1) is 0 Å². The van der Waals surface area contributed by atoms with Crippen LogP contribution in [0.3, 0.4) is 0 Å². The molecule has 21 heavy (non-hydrogen) atoms. The molecule has 6 heteroatoms. The maximum absolute atomic E-state index is 14.7. The lowest BCUT2D eigenvalue weighted by atomic mass is 10.2. The number of rotatable bonds is 5. The Labute approximate surface area is 122 Å². The minimum Gasteiger partial charge on any atom is -0.497 e. The number of hydrogen-bond donors (Lipinski definition) is 0. The summed E-state index contributed by atoms with van der Waals surface area (Å²) in [7, 11) is -1.90. The summed E-state index contributed by atoms with van der Waals surface area (Å²) in [5, 5.41) is -0.0201. The van der Waals surface area contributed by atoms with Gasteiger partial charge in [0, 0.05) is 18.0 Å². The largest absolute Gasteiger partial charge is 0.497 e. The zero-order valence-electron chi connectivity index (χ0n) is 11.6. The van der Waals surface area contributed by atoms with E-state index in [0.717, 1.165) is 7.11 Å². The van der Waals surface area contributed by atoms with Crippen LogP contribution in [0.25, 0.3) is 0 Å². The third-order valence-corrected chi connectivity index (χ3v) is 5.65. The second kappa shape index (κ2) is 5.96. The van der Waals surface area contributed by atoms with Crippen molar-refractivity contribution in [1.82, 2.24) is 0 Å². The number of methoxy groups -OCH3 is 1. The van der Waals surface area contributed by atoms with Crippen molar-refractivity contribution in [2.24, 2.45) is 0 Å². The van der Waals surface area contributed by atoms with E-state index in [0.29, 0.717) is 5.75 Å². The fourth-order valence-electron chi connectivity index (χ4n) is 1.97. The number of ether oxygens (including phenoxy) is 1. The summed E-state index contributed by atoms with van der Waals surface area (Å²) in [5.41, 5.74) is -4.01. The average Bonchev–Trinajstić information content (AvgIpc) is 2.54. The summed E-state index contributed by atoms with van der Waals surface area (Å²) in [6, 6.07) is 12.7. The molecule has 0 aliphatic heterocycles. The molecule has 2 aromatic rings. The maximum atomic E-state index is 14.7. The van der Waals surface area contributed by atoms with E-state index in [2.05, 4.69) is 0 Å². The molecule has 3 nitrogen and oxygen atoms in total. The highest BCUT2D eigenvalue weighted by Crippen LogP contribution is 2.64. The normalized spacial score (nSPS) is 14.5. The summed E-state index contributed by atoms with van der Waals surface area (Å²) in [5.74, 6) is 0.446. The first-order valence-electron chi connectivity index (χ1n) is 6.19. The van der Waals surface area contributed by atoms with Crippen molar-refractivity contribution in [2.45, 2.75) is 5.66 Å². The van der Waals surface area contributed by atoms with Gasteiger partial charge in [0.05, 0.1) is 7.11 Å². The standard InChI is InChI=1S/C15H15F2O3P/c1-19-13-10-8-12(9-11-13)15(16,17)21(18,20-2)14-6-4-3-5-7-14/h3-11H,1-2H3. The Balaban J connectivity index is 2.50. The van der Waals surface area contributed by atoms with Crippen molar-refractivity contribution >= 4 is 12.7 Å². The van der Waals surface area contributed by atoms with Gasteiger partial charge in [0.25, 0.3) is 0 Å². The van der Waals surface area contributed by atoms with Gasteiger partial charge in [0.15, 0.2) is 0 Å². The van der Waals surface area contributed by atoms with Gasteiger partial charge >= 0.3 is 13.0 Å². The Kier molecular flexibility index (Phi) is 4.45. The van der Waals surface area contributed by atoms with Crippen LogP contribution in [0.15, 0.2) is 54.6 Å². The molecular formula is C15H15F2O3P. The summed E-state index contributed by atoms with van der Waals surface area (Å²) in [6.45, 7) is 0. The van der Waals surface area contributed by atoms with E-state index in [1.807, 2.05) is 0 Å². The molecule has 0 fully saturated rings. The second-order valence-electron chi connectivity index (χ2n) is 4.34. The molecule has 0 bridgehead atoms. The van der Waals surface area contributed by atoms with E-state index in [-0.39, 0.29) is 10.9 Å². The number of alkyl halides is 2. The Morgan fingerprint density at radius 2 is 1.52 bits per heavy atom. The van der Waals surface area contributed by atoms with E-state index in [4.69, 9.17) is 9.26 Å². The molecular weight excluding hydrogens is 297 g/mol. The third kappa shape index (κ3) is 2.71. The molecule has 112 valence electrons. The molecule has 2 aromatic carbocycles. The molecule has 0 aromatic heterocycles. The lowest BCUT2D eigenvalue weighted by Crippen LogP contribution is -2.23. The average molecular weight is 312 g/mol. The van der Waals surface area contributed by atoms with Crippen LogP contribution >= 0.6 is 7.37 Å². The first kappa shape index (κ1) is 15.7. The Morgan fingerprint density at radius 3 is 2.00 bits per heavy atom. The van der Waals surface area contributed by atoms with Crippen LogP contribution < -0.4 is 10.0 Å².